The number of sulfonamides is 1. The van der Waals surface area contributed by atoms with Gasteiger partial charge in [-0.05, 0) is 25.8 Å². The van der Waals surface area contributed by atoms with Gasteiger partial charge in [0.25, 0.3) is 0 Å². The first-order chi connectivity index (χ1) is 15.3. The molecule has 0 N–H and O–H groups in total. The molecule has 0 bridgehead atoms. The summed E-state index contributed by atoms with van der Waals surface area (Å²) >= 11 is 0. The Bertz CT molecular complexity index is 1270. The van der Waals surface area contributed by atoms with Crippen LogP contribution >= 0.6 is 0 Å². The summed E-state index contributed by atoms with van der Waals surface area (Å²) < 4.78 is 40.8. The number of pyridine rings is 1. The van der Waals surface area contributed by atoms with Crippen molar-refractivity contribution in [2.24, 2.45) is 0 Å². The molecule has 9 nitrogen and oxygen atoms in total. The Morgan fingerprint density at radius 1 is 1.09 bits per heavy atom. The smallest absolute Gasteiger partial charge is 0.237 e. The molecule has 1 saturated carbocycles. The van der Waals surface area contributed by atoms with Gasteiger partial charge in [0.2, 0.25) is 16.0 Å². The molecule has 0 saturated heterocycles. The zero-order valence-corrected chi connectivity index (χ0v) is 18.5. The number of nitrogens with zero attached hydrogens (tertiary/aromatic N) is 7. The molecular weight excluding hydrogens is 433 g/mol. The van der Waals surface area contributed by atoms with Gasteiger partial charge >= 0.3 is 0 Å². The highest BCUT2D eigenvalue weighted by Gasteiger charge is 2.39. The number of anilines is 2. The highest BCUT2D eigenvalue weighted by Crippen LogP contribution is 2.36. The predicted octanol–water partition coefficient (Wildman–Crippen LogP) is 2.52. The van der Waals surface area contributed by atoms with Crippen LogP contribution in [0.25, 0.3) is 11.6 Å². The lowest BCUT2D eigenvalue weighted by Crippen LogP contribution is -2.36. The molecule has 2 aliphatic rings. The number of fused-ring (bicyclic) bond motifs is 1. The van der Waals surface area contributed by atoms with Crippen LogP contribution in [0, 0.1) is 5.95 Å². The van der Waals surface area contributed by atoms with Crippen LogP contribution in [0.3, 0.4) is 0 Å². The van der Waals surface area contributed by atoms with Crippen LogP contribution in [0.15, 0.2) is 36.8 Å². The minimum Gasteiger partial charge on any atom is -0.349 e. The molecule has 1 atom stereocenters. The van der Waals surface area contributed by atoms with E-state index in [4.69, 9.17) is 0 Å². The summed E-state index contributed by atoms with van der Waals surface area (Å²) in [5, 5.41) is -0.382. The maximum Gasteiger partial charge on any atom is 0.237 e. The van der Waals surface area contributed by atoms with Crippen molar-refractivity contribution in [1.29, 1.82) is 0 Å². The van der Waals surface area contributed by atoms with Crippen LogP contribution < -0.4 is 9.21 Å². The van der Waals surface area contributed by atoms with Crippen molar-refractivity contribution in [2.45, 2.75) is 37.5 Å². The Morgan fingerprint density at radius 3 is 2.56 bits per heavy atom. The van der Waals surface area contributed by atoms with Gasteiger partial charge in [-0.25, -0.2) is 33.3 Å². The molecule has 1 unspecified atom stereocenters. The van der Waals surface area contributed by atoms with Gasteiger partial charge in [0, 0.05) is 56.3 Å². The molecular formula is C21H22FN7O2S. The third kappa shape index (κ3) is 3.66. The van der Waals surface area contributed by atoms with Gasteiger partial charge in [-0.1, -0.05) is 0 Å². The molecule has 0 radical (unpaired) electrons. The zero-order chi connectivity index (χ0) is 22.5. The summed E-state index contributed by atoms with van der Waals surface area (Å²) in [7, 11) is -2.03. The molecule has 1 fully saturated rings. The SMILES string of the molecule is CC1c2cnc(-c3ncccn3)nc2CCN1c1cc(N(C)S(=O)(=O)C2CC2)cc(F)n1. The highest BCUT2D eigenvalue weighted by atomic mass is 32.2. The van der Waals surface area contributed by atoms with Crippen molar-refractivity contribution in [3.8, 4) is 11.6 Å². The van der Waals surface area contributed by atoms with Gasteiger partial charge in [0.15, 0.2) is 11.6 Å². The lowest BCUT2D eigenvalue weighted by atomic mass is 9.99. The molecule has 4 heterocycles. The Morgan fingerprint density at radius 2 is 1.84 bits per heavy atom. The fourth-order valence-electron chi connectivity index (χ4n) is 3.93. The Labute approximate surface area is 185 Å². The lowest BCUT2D eigenvalue weighted by molar-refractivity contribution is 0.562. The summed E-state index contributed by atoms with van der Waals surface area (Å²) in [4.78, 5) is 23.4. The molecule has 1 aliphatic carbocycles. The van der Waals surface area contributed by atoms with Crippen molar-refractivity contribution in [2.75, 3.05) is 22.8 Å². The van der Waals surface area contributed by atoms with E-state index in [1.54, 1.807) is 30.7 Å². The first-order valence-electron chi connectivity index (χ1n) is 10.4. The average Bonchev–Trinajstić information content (AvgIpc) is 3.65. The quantitative estimate of drug-likeness (QED) is 0.541. The number of rotatable bonds is 5. The summed E-state index contributed by atoms with van der Waals surface area (Å²) in [5.41, 5.74) is 2.06. The minimum atomic E-state index is -3.49. The fraction of sp³-hybridized carbons (Fsp3) is 0.381. The summed E-state index contributed by atoms with van der Waals surface area (Å²) in [6.45, 7) is 2.52. The van der Waals surface area contributed by atoms with Gasteiger partial charge in [0.1, 0.15) is 5.82 Å². The topological polar surface area (TPSA) is 105 Å². The van der Waals surface area contributed by atoms with Crippen LogP contribution in [0.2, 0.25) is 0 Å². The second-order valence-electron chi connectivity index (χ2n) is 8.01. The van der Waals surface area contributed by atoms with E-state index in [1.165, 1.54) is 7.05 Å². The summed E-state index contributed by atoms with van der Waals surface area (Å²) in [5.74, 6) is 0.581. The molecule has 11 heteroatoms. The molecule has 0 spiro atoms. The van der Waals surface area contributed by atoms with Gasteiger partial charge in [-0.2, -0.15) is 4.39 Å². The molecule has 3 aromatic heterocycles. The van der Waals surface area contributed by atoms with E-state index in [2.05, 4.69) is 24.9 Å². The lowest BCUT2D eigenvalue weighted by Gasteiger charge is -2.35. The molecule has 166 valence electrons. The molecule has 32 heavy (non-hydrogen) atoms. The predicted molar refractivity (Wildman–Crippen MR) is 117 cm³/mol. The van der Waals surface area contributed by atoms with Crippen molar-refractivity contribution in [1.82, 2.24) is 24.9 Å². The Hall–Kier alpha value is -3.21. The summed E-state index contributed by atoms with van der Waals surface area (Å²) in [6.07, 6.45) is 6.92. The number of hydrogen-bond donors (Lipinski definition) is 0. The maximum atomic E-state index is 14.4. The number of halogens is 1. The van der Waals surface area contributed by atoms with Gasteiger partial charge in [-0.3, -0.25) is 4.31 Å². The van der Waals surface area contributed by atoms with Crippen LogP contribution in [0.4, 0.5) is 15.9 Å². The van der Waals surface area contributed by atoms with Crippen molar-refractivity contribution in [3.05, 3.63) is 54.0 Å². The minimum absolute atomic E-state index is 0.169. The maximum absolute atomic E-state index is 14.4. The highest BCUT2D eigenvalue weighted by molar-refractivity contribution is 7.93. The van der Waals surface area contributed by atoms with E-state index in [1.807, 2.05) is 11.8 Å². The van der Waals surface area contributed by atoms with E-state index >= 15 is 0 Å². The van der Waals surface area contributed by atoms with E-state index in [0.717, 1.165) is 21.6 Å². The third-order valence-corrected chi connectivity index (χ3v) is 8.21. The van der Waals surface area contributed by atoms with Gasteiger partial charge < -0.3 is 4.90 Å². The van der Waals surface area contributed by atoms with E-state index < -0.39 is 16.0 Å². The molecule has 3 aromatic rings. The Balaban J connectivity index is 1.45. The largest absolute Gasteiger partial charge is 0.349 e. The monoisotopic (exact) mass is 455 g/mol. The van der Waals surface area contributed by atoms with Crippen LogP contribution in [-0.4, -0.2) is 52.2 Å². The van der Waals surface area contributed by atoms with Crippen molar-refractivity contribution < 1.29 is 12.8 Å². The number of hydrogen-bond acceptors (Lipinski definition) is 8. The zero-order valence-electron chi connectivity index (χ0n) is 17.7. The van der Waals surface area contributed by atoms with Crippen LogP contribution in [0.1, 0.15) is 37.1 Å². The normalized spacial score (nSPS) is 18.3. The number of aromatic nitrogens is 5. The van der Waals surface area contributed by atoms with Crippen LogP contribution in [0.5, 0.6) is 0 Å². The fourth-order valence-corrected chi connectivity index (χ4v) is 5.51. The first kappa shape index (κ1) is 20.7. The third-order valence-electron chi connectivity index (χ3n) is 5.92. The summed E-state index contributed by atoms with van der Waals surface area (Å²) in [6, 6.07) is 4.34. The van der Waals surface area contributed by atoms with Crippen LogP contribution in [-0.2, 0) is 16.4 Å². The second kappa shape index (κ2) is 7.73. The van der Waals surface area contributed by atoms with E-state index in [-0.39, 0.29) is 17.0 Å². The Kier molecular flexibility index (Phi) is 5.00. The van der Waals surface area contributed by atoms with Crippen molar-refractivity contribution in [3.63, 3.8) is 0 Å². The first-order valence-corrected chi connectivity index (χ1v) is 11.9. The molecule has 0 aromatic carbocycles. The molecule has 5 rings (SSSR count). The molecule has 0 amide bonds. The van der Waals surface area contributed by atoms with Gasteiger partial charge in [-0.15, -0.1) is 0 Å². The van der Waals surface area contributed by atoms with Gasteiger partial charge in [0.05, 0.1) is 22.7 Å². The average molecular weight is 456 g/mol. The standard InChI is InChI=1S/C21H22FN7O2S/c1-13-16-12-25-21(20-23-7-3-8-24-20)26-17(16)6-9-29(13)19-11-14(10-18(22)27-19)28(2)32(30,31)15-4-5-15/h3,7-8,10-13,15H,4-6,9H2,1-2H3. The van der Waals surface area contributed by atoms with E-state index in [0.29, 0.717) is 43.3 Å². The van der Waals surface area contributed by atoms with E-state index in [9.17, 15) is 12.8 Å². The van der Waals surface area contributed by atoms with Crippen molar-refractivity contribution >= 4 is 21.5 Å². The molecule has 1 aliphatic heterocycles. The second-order valence-corrected chi connectivity index (χ2v) is 10.2.